The van der Waals surface area contributed by atoms with Gasteiger partial charge in [-0.2, -0.15) is 0 Å². The highest BCUT2D eigenvalue weighted by atomic mass is 16.5. The molecular weight excluding hydrogens is 442 g/mol. The molecule has 3 heterocycles. The van der Waals surface area contributed by atoms with E-state index in [1.807, 2.05) is 13.0 Å². The number of aromatic nitrogens is 2. The number of furan rings is 1. The van der Waals surface area contributed by atoms with Crippen LogP contribution in [0.25, 0.3) is 5.65 Å². The number of nitrogens with one attached hydrogen (secondary N) is 1. The maximum Gasteiger partial charge on any atom is 0.340 e. The number of methoxy groups -OCH3 is 2. The Morgan fingerprint density at radius 1 is 1.09 bits per heavy atom. The van der Waals surface area contributed by atoms with Crippen molar-refractivity contribution in [1.82, 2.24) is 9.38 Å². The summed E-state index contributed by atoms with van der Waals surface area (Å²) in [6.45, 7) is 1.62. The van der Waals surface area contributed by atoms with Gasteiger partial charge in [-0.25, -0.2) is 9.78 Å². The Morgan fingerprint density at radius 3 is 2.56 bits per heavy atom. The molecule has 4 aromatic rings. The Balaban J connectivity index is 1.61. The van der Waals surface area contributed by atoms with E-state index in [0.717, 1.165) is 5.56 Å². The number of hydrogen-bond acceptors (Lipinski definition) is 8. The molecule has 0 fully saturated rings. The Hall–Kier alpha value is -4.60. The van der Waals surface area contributed by atoms with Gasteiger partial charge in [-0.1, -0.05) is 6.07 Å². The smallest absolute Gasteiger partial charge is 0.340 e. The Kier molecular flexibility index (Phi) is 6.30. The van der Waals surface area contributed by atoms with Crippen LogP contribution in [-0.2, 0) is 11.3 Å². The average Bonchev–Trinajstić information content (AvgIpc) is 3.38. The summed E-state index contributed by atoms with van der Waals surface area (Å²) in [7, 11) is 2.85. The molecule has 0 unspecified atom stereocenters. The van der Waals surface area contributed by atoms with Crippen molar-refractivity contribution in [1.29, 1.82) is 0 Å². The highest BCUT2D eigenvalue weighted by Crippen LogP contribution is 2.34. The molecule has 10 nitrogen and oxygen atoms in total. The predicted octanol–water partition coefficient (Wildman–Crippen LogP) is 3.22. The van der Waals surface area contributed by atoms with Crippen LogP contribution in [0.15, 0.2) is 64.1 Å². The molecule has 34 heavy (non-hydrogen) atoms. The Bertz CT molecular complexity index is 1420. The molecule has 0 aliphatic carbocycles. The lowest BCUT2D eigenvalue weighted by atomic mass is 10.1. The highest BCUT2D eigenvalue weighted by Gasteiger charge is 2.21. The topological polar surface area (TPSA) is 121 Å². The summed E-state index contributed by atoms with van der Waals surface area (Å²) in [5.74, 6) is -0.700. The molecule has 0 aliphatic heterocycles. The van der Waals surface area contributed by atoms with E-state index >= 15 is 0 Å². The van der Waals surface area contributed by atoms with Crippen molar-refractivity contribution in [3.8, 4) is 11.5 Å². The van der Waals surface area contributed by atoms with Crippen molar-refractivity contribution in [3.63, 3.8) is 0 Å². The number of pyridine rings is 1. The zero-order valence-electron chi connectivity index (χ0n) is 18.7. The fourth-order valence-corrected chi connectivity index (χ4v) is 3.29. The maximum absolute atomic E-state index is 13.0. The van der Waals surface area contributed by atoms with Crippen LogP contribution in [0, 0.1) is 6.92 Å². The van der Waals surface area contributed by atoms with Crippen molar-refractivity contribution >= 4 is 23.2 Å². The van der Waals surface area contributed by atoms with Crippen molar-refractivity contribution in [2.75, 3.05) is 19.5 Å². The standard InChI is InChI=1S/C24H21N3O7/c1-14-6-7-21-25-15(9-22(28)27(21)12-14)13-34-24(30)16-10-19(31-2)20(32-3)11-17(16)26-23(29)18-5-4-8-33-18/h4-12H,13H2,1-3H3,(H,26,29). The minimum Gasteiger partial charge on any atom is -0.493 e. The van der Waals surface area contributed by atoms with Crippen molar-refractivity contribution in [2.45, 2.75) is 13.5 Å². The van der Waals surface area contributed by atoms with Crippen LogP contribution < -0.4 is 20.3 Å². The third-order valence-electron chi connectivity index (χ3n) is 4.95. The van der Waals surface area contributed by atoms with Crippen LogP contribution in [-0.4, -0.2) is 35.5 Å². The van der Waals surface area contributed by atoms with E-state index in [4.69, 9.17) is 18.6 Å². The second-order valence-corrected chi connectivity index (χ2v) is 7.28. The fraction of sp³-hybridized carbons (Fsp3) is 0.167. The lowest BCUT2D eigenvalue weighted by molar-refractivity contribution is 0.0468. The van der Waals surface area contributed by atoms with Gasteiger partial charge in [0.1, 0.15) is 12.3 Å². The average molecular weight is 463 g/mol. The third kappa shape index (κ3) is 4.60. The van der Waals surface area contributed by atoms with Crippen LogP contribution in [0.1, 0.15) is 32.2 Å². The van der Waals surface area contributed by atoms with Gasteiger partial charge in [0, 0.05) is 24.4 Å². The number of aryl methyl sites for hydroxylation is 1. The van der Waals surface area contributed by atoms with Gasteiger partial charge in [0.25, 0.3) is 11.5 Å². The second kappa shape index (κ2) is 9.49. The van der Waals surface area contributed by atoms with Gasteiger partial charge in [0.2, 0.25) is 0 Å². The minimum atomic E-state index is -0.762. The molecule has 1 N–H and O–H groups in total. The van der Waals surface area contributed by atoms with Crippen LogP contribution >= 0.6 is 0 Å². The number of carbonyl (C=O) groups excluding carboxylic acids is 2. The summed E-state index contributed by atoms with van der Waals surface area (Å²) in [6, 6.07) is 10.7. The summed E-state index contributed by atoms with van der Waals surface area (Å²) in [5.41, 5.74) is 1.48. The number of ether oxygens (including phenoxy) is 3. The SMILES string of the molecule is COc1cc(NC(=O)c2ccco2)c(C(=O)OCc2cc(=O)n3cc(C)ccc3n2)cc1OC. The number of carbonyl (C=O) groups is 2. The summed E-state index contributed by atoms with van der Waals surface area (Å²) >= 11 is 0. The van der Waals surface area contributed by atoms with E-state index < -0.39 is 11.9 Å². The summed E-state index contributed by atoms with van der Waals surface area (Å²) in [4.78, 5) is 42.2. The number of rotatable bonds is 7. The van der Waals surface area contributed by atoms with E-state index in [1.165, 1.54) is 49.1 Å². The molecule has 1 aromatic carbocycles. The molecule has 0 spiro atoms. The van der Waals surface area contributed by atoms with E-state index in [-0.39, 0.29) is 40.6 Å². The molecule has 0 aliphatic rings. The zero-order chi connectivity index (χ0) is 24.2. The second-order valence-electron chi connectivity index (χ2n) is 7.28. The summed E-state index contributed by atoms with van der Waals surface area (Å²) in [6.07, 6.45) is 3.04. The summed E-state index contributed by atoms with van der Waals surface area (Å²) < 4.78 is 22.5. The zero-order valence-corrected chi connectivity index (χ0v) is 18.7. The lowest BCUT2D eigenvalue weighted by Gasteiger charge is -2.15. The summed E-state index contributed by atoms with van der Waals surface area (Å²) in [5, 5.41) is 2.62. The van der Waals surface area contributed by atoms with Crippen LogP contribution in [0.4, 0.5) is 5.69 Å². The van der Waals surface area contributed by atoms with Crippen molar-refractivity contribution in [3.05, 3.63) is 87.9 Å². The van der Waals surface area contributed by atoms with Crippen LogP contribution in [0.2, 0.25) is 0 Å². The number of hydrogen-bond donors (Lipinski definition) is 1. The number of anilines is 1. The number of amides is 1. The first-order chi connectivity index (χ1) is 16.4. The molecule has 0 bridgehead atoms. The first-order valence-corrected chi connectivity index (χ1v) is 10.2. The lowest BCUT2D eigenvalue weighted by Crippen LogP contribution is -2.18. The largest absolute Gasteiger partial charge is 0.493 e. The quantitative estimate of drug-likeness (QED) is 0.415. The highest BCUT2D eigenvalue weighted by molar-refractivity contribution is 6.07. The first kappa shape index (κ1) is 22.6. The maximum atomic E-state index is 13.0. The molecule has 1 amide bonds. The van der Waals surface area contributed by atoms with Gasteiger partial charge < -0.3 is 23.9 Å². The van der Waals surface area contributed by atoms with E-state index in [0.29, 0.717) is 11.4 Å². The normalized spacial score (nSPS) is 10.7. The van der Waals surface area contributed by atoms with E-state index in [2.05, 4.69) is 10.3 Å². The fourth-order valence-electron chi connectivity index (χ4n) is 3.29. The Labute approximate surface area is 193 Å². The van der Waals surface area contributed by atoms with Gasteiger partial charge in [0.15, 0.2) is 17.3 Å². The monoisotopic (exact) mass is 463 g/mol. The molecule has 0 atom stereocenters. The van der Waals surface area contributed by atoms with Gasteiger partial charge in [-0.15, -0.1) is 0 Å². The molecule has 174 valence electrons. The van der Waals surface area contributed by atoms with E-state index in [9.17, 15) is 14.4 Å². The number of fused-ring (bicyclic) bond motifs is 1. The number of nitrogens with zero attached hydrogens (tertiary/aromatic N) is 2. The predicted molar refractivity (Wildman–Crippen MR) is 122 cm³/mol. The minimum absolute atomic E-state index is 0.0192. The Morgan fingerprint density at radius 2 is 1.85 bits per heavy atom. The molecule has 0 saturated carbocycles. The molecule has 4 rings (SSSR count). The molecule has 10 heteroatoms. The molecular formula is C24H21N3O7. The molecule has 0 saturated heterocycles. The van der Waals surface area contributed by atoms with Gasteiger partial charge in [0.05, 0.1) is 37.4 Å². The van der Waals surface area contributed by atoms with Gasteiger partial charge in [-0.3, -0.25) is 14.0 Å². The number of benzene rings is 1. The molecule has 0 radical (unpaired) electrons. The van der Waals surface area contributed by atoms with Crippen molar-refractivity contribution in [2.24, 2.45) is 0 Å². The van der Waals surface area contributed by atoms with Crippen LogP contribution in [0.5, 0.6) is 11.5 Å². The van der Waals surface area contributed by atoms with Crippen LogP contribution in [0.3, 0.4) is 0 Å². The van der Waals surface area contributed by atoms with Gasteiger partial charge in [-0.05, 0) is 30.7 Å². The molecule has 3 aromatic heterocycles. The first-order valence-electron chi connectivity index (χ1n) is 10.2. The van der Waals surface area contributed by atoms with Crippen molar-refractivity contribution < 1.29 is 28.2 Å². The van der Waals surface area contributed by atoms with Gasteiger partial charge >= 0.3 is 5.97 Å². The third-order valence-corrected chi connectivity index (χ3v) is 4.95. The van der Waals surface area contributed by atoms with E-state index in [1.54, 1.807) is 18.3 Å². The number of esters is 1.